The number of nitrogens with zero attached hydrogens (tertiary/aromatic N) is 5. The number of amides is 1. The highest BCUT2D eigenvalue weighted by Gasteiger charge is 2.47. The van der Waals surface area contributed by atoms with Crippen LogP contribution in [0, 0.1) is 0 Å². The molecule has 1 aliphatic rings. The second-order valence-corrected chi connectivity index (χ2v) is 8.85. The van der Waals surface area contributed by atoms with Crippen molar-refractivity contribution in [2.24, 2.45) is 7.05 Å². The number of alkyl halides is 2. The molecule has 0 radical (unpaired) electrons. The van der Waals surface area contributed by atoms with E-state index in [9.17, 15) is 18.7 Å². The number of fused-ring (bicyclic) bond motifs is 1. The molecule has 0 spiro atoms. The van der Waals surface area contributed by atoms with Gasteiger partial charge >= 0.3 is 0 Å². The fraction of sp³-hybridized carbons (Fsp3) is 0.333. The van der Waals surface area contributed by atoms with Gasteiger partial charge in [-0.3, -0.25) is 9.48 Å². The largest absolute Gasteiger partial charge is 0.391 e. The molecular formula is C21H20F2N6O2S. The second kappa shape index (κ2) is 7.75. The first-order valence-electron chi connectivity index (χ1n) is 10.1. The van der Waals surface area contributed by atoms with E-state index < -0.39 is 24.0 Å². The van der Waals surface area contributed by atoms with Gasteiger partial charge in [-0.25, -0.2) is 18.3 Å². The Morgan fingerprint density at radius 3 is 2.78 bits per heavy atom. The van der Waals surface area contributed by atoms with Crippen molar-refractivity contribution in [1.29, 1.82) is 0 Å². The van der Waals surface area contributed by atoms with E-state index in [1.165, 1.54) is 0 Å². The van der Waals surface area contributed by atoms with Gasteiger partial charge in [0.2, 0.25) is 0 Å². The van der Waals surface area contributed by atoms with Crippen molar-refractivity contribution in [3.8, 4) is 22.3 Å². The normalized spacial score (nSPS) is 20.5. The molecule has 5 rings (SSSR count). The number of rotatable bonds is 4. The van der Waals surface area contributed by atoms with Crippen molar-refractivity contribution in [3.63, 3.8) is 0 Å². The molecule has 1 saturated carbocycles. The molecule has 166 valence electrons. The van der Waals surface area contributed by atoms with Gasteiger partial charge < -0.3 is 10.4 Å². The van der Waals surface area contributed by atoms with Crippen molar-refractivity contribution < 1.29 is 18.7 Å². The number of hydrogen-bond donors (Lipinski definition) is 2. The van der Waals surface area contributed by atoms with Gasteiger partial charge in [0, 0.05) is 48.7 Å². The summed E-state index contributed by atoms with van der Waals surface area (Å²) >= 11 is 1.14. The smallest absolute Gasteiger partial charge is 0.270 e. The van der Waals surface area contributed by atoms with E-state index in [0.717, 1.165) is 28.0 Å². The van der Waals surface area contributed by atoms with Gasteiger partial charge in [-0.1, -0.05) is 0 Å². The number of aliphatic hydroxyl groups is 1. The zero-order chi connectivity index (χ0) is 22.5. The maximum atomic E-state index is 14.2. The summed E-state index contributed by atoms with van der Waals surface area (Å²) in [5.41, 5.74) is 3.82. The molecule has 4 heterocycles. The Morgan fingerprint density at radius 2 is 2.03 bits per heavy atom. The van der Waals surface area contributed by atoms with Gasteiger partial charge in [0.05, 0.1) is 23.4 Å². The van der Waals surface area contributed by atoms with E-state index in [2.05, 4.69) is 20.5 Å². The number of thiophene rings is 1. The number of nitrogens with one attached hydrogen (secondary N) is 1. The summed E-state index contributed by atoms with van der Waals surface area (Å²) in [7, 11) is 1.84. The number of carbonyl (C=O) groups is 1. The standard InChI is InChI=1S/C21H20F2N6O2S/c1-28-9-14(7-25-28)13-6-24-19-15(8-26-29(19)10-13)12-5-17(32-11-12)20(31)27-18-16(30)3-2-4-21(18,22)23/h5-11,16,18,30H,2-4H2,1H3,(H,27,31). The van der Waals surface area contributed by atoms with Crippen LogP contribution in [0.4, 0.5) is 8.78 Å². The Kier molecular flexibility index (Phi) is 5.01. The van der Waals surface area contributed by atoms with E-state index in [1.807, 2.05) is 19.4 Å². The molecule has 0 aliphatic heterocycles. The Hall–Kier alpha value is -3.18. The van der Waals surface area contributed by atoms with E-state index in [1.54, 1.807) is 39.2 Å². The highest BCUT2D eigenvalue weighted by Crippen LogP contribution is 2.35. The lowest BCUT2D eigenvalue weighted by Gasteiger charge is -2.35. The van der Waals surface area contributed by atoms with Crippen LogP contribution in [0.2, 0.25) is 0 Å². The van der Waals surface area contributed by atoms with Crippen molar-refractivity contribution in [1.82, 2.24) is 29.7 Å². The van der Waals surface area contributed by atoms with Crippen LogP contribution in [-0.4, -0.2) is 53.5 Å². The third kappa shape index (κ3) is 3.67. The van der Waals surface area contributed by atoms with E-state index >= 15 is 0 Å². The molecule has 4 aromatic heterocycles. The van der Waals surface area contributed by atoms with Crippen LogP contribution >= 0.6 is 11.3 Å². The first-order chi connectivity index (χ1) is 15.3. The monoisotopic (exact) mass is 458 g/mol. The highest BCUT2D eigenvalue weighted by molar-refractivity contribution is 7.12. The topological polar surface area (TPSA) is 97.3 Å². The number of aryl methyl sites for hydroxylation is 1. The summed E-state index contributed by atoms with van der Waals surface area (Å²) in [6.45, 7) is 0. The minimum absolute atomic E-state index is 0.230. The van der Waals surface area contributed by atoms with E-state index in [-0.39, 0.29) is 24.1 Å². The molecule has 1 fully saturated rings. The lowest BCUT2D eigenvalue weighted by Crippen LogP contribution is -2.56. The predicted molar refractivity (Wildman–Crippen MR) is 115 cm³/mol. The van der Waals surface area contributed by atoms with Crippen molar-refractivity contribution in [2.45, 2.75) is 37.3 Å². The summed E-state index contributed by atoms with van der Waals surface area (Å²) in [5.74, 6) is -3.76. The average Bonchev–Trinajstić information content (AvgIpc) is 3.49. The molecule has 2 unspecified atom stereocenters. The third-order valence-corrected chi connectivity index (χ3v) is 6.59. The lowest BCUT2D eigenvalue weighted by atomic mass is 9.89. The molecule has 2 N–H and O–H groups in total. The summed E-state index contributed by atoms with van der Waals surface area (Å²) in [4.78, 5) is 17.4. The number of carbonyl (C=O) groups excluding carboxylic acids is 1. The first-order valence-corrected chi connectivity index (χ1v) is 11.0. The van der Waals surface area contributed by atoms with Crippen molar-refractivity contribution >= 4 is 22.9 Å². The summed E-state index contributed by atoms with van der Waals surface area (Å²) < 4.78 is 31.7. The number of aliphatic hydroxyl groups excluding tert-OH is 1. The fourth-order valence-corrected chi connectivity index (χ4v) is 4.77. The Morgan fingerprint density at radius 1 is 1.22 bits per heavy atom. The van der Waals surface area contributed by atoms with Crippen LogP contribution in [0.5, 0.6) is 0 Å². The quantitative estimate of drug-likeness (QED) is 0.490. The zero-order valence-corrected chi connectivity index (χ0v) is 17.9. The fourth-order valence-electron chi connectivity index (χ4n) is 3.96. The second-order valence-electron chi connectivity index (χ2n) is 7.94. The van der Waals surface area contributed by atoms with Gasteiger partial charge in [0.25, 0.3) is 11.8 Å². The van der Waals surface area contributed by atoms with Gasteiger partial charge in [-0.2, -0.15) is 10.2 Å². The summed E-state index contributed by atoms with van der Waals surface area (Å²) in [5, 5.41) is 22.6. The molecule has 11 heteroatoms. The van der Waals surface area contributed by atoms with Crippen molar-refractivity contribution in [3.05, 3.63) is 47.3 Å². The SMILES string of the molecule is Cn1cc(-c2cnc3c(-c4csc(C(=O)NC5C(O)CCCC5(F)F)c4)cnn3c2)cn1. The maximum absolute atomic E-state index is 14.2. The molecule has 8 nitrogen and oxygen atoms in total. The number of hydrogen-bond acceptors (Lipinski definition) is 6. The summed E-state index contributed by atoms with van der Waals surface area (Å²) in [6, 6.07) is 0.0417. The minimum atomic E-state index is -3.13. The van der Waals surface area contributed by atoms with Gasteiger partial charge in [0.15, 0.2) is 5.65 Å². The Bertz CT molecular complexity index is 1300. The zero-order valence-electron chi connectivity index (χ0n) is 17.1. The molecule has 2 atom stereocenters. The van der Waals surface area contributed by atoms with Gasteiger partial charge in [-0.15, -0.1) is 11.3 Å². The van der Waals surface area contributed by atoms with E-state index in [0.29, 0.717) is 11.2 Å². The molecule has 0 bridgehead atoms. The maximum Gasteiger partial charge on any atom is 0.270 e. The highest BCUT2D eigenvalue weighted by atomic mass is 32.1. The molecule has 1 aliphatic carbocycles. The Balaban J connectivity index is 1.39. The van der Waals surface area contributed by atoms with Crippen LogP contribution in [0.15, 0.2) is 42.4 Å². The van der Waals surface area contributed by atoms with Crippen LogP contribution in [-0.2, 0) is 7.05 Å². The molecule has 0 saturated heterocycles. The van der Waals surface area contributed by atoms with Crippen LogP contribution in [0.1, 0.15) is 28.9 Å². The van der Waals surface area contributed by atoms with E-state index in [4.69, 9.17) is 0 Å². The predicted octanol–water partition coefficient (Wildman–Crippen LogP) is 3.14. The van der Waals surface area contributed by atoms with Crippen LogP contribution in [0.3, 0.4) is 0 Å². The average molecular weight is 458 g/mol. The molecular weight excluding hydrogens is 438 g/mol. The molecule has 32 heavy (non-hydrogen) atoms. The van der Waals surface area contributed by atoms with Gasteiger partial charge in [0.1, 0.15) is 6.04 Å². The number of halogens is 2. The van der Waals surface area contributed by atoms with Crippen LogP contribution in [0.25, 0.3) is 27.9 Å². The molecule has 1 amide bonds. The first kappa shape index (κ1) is 20.7. The third-order valence-electron chi connectivity index (χ3n) is 5.67. The van der Waals surface area contributed by atoms with Crippen molar-refractivity contribution in [2.75, 3.05) is 0 Å². The minimum Gasteiger partial charge on any atom is -0.391 e. The lowest BCUT2D eigenvalue weighted by molar-refractivity contribution is -0.105. The molecule has 4 aromatic rings. The van der Waals surface area contributed by atoms with Gasteiger partial charge in [-0.05, 0) is 29.9 Å². The van der Waals surface area contributed by atoms with Crippen LogP contribution < -0.4 is 5.32 Å². The Labute approximate surface area is 185 Å². The number of aromatic nitrogens is 5. The summed E-state index contributed by atoms with van der Waals surface area (Å²) in [6.07, 6.45) is 7.70. The molecule has 0 aromatic carbocycles.